The minimum atomic E-state index is -4.47. The predicted octanol–water partition coefficient (Wildman–Crippen LogP) is 22.4. The van der Waals surface area contributed by atoms with E-state index in [0.717, 1.165) is 25.8 Å². The smallest absolute Gasteiger partial charge is 0.408 e. The number of ether oxygens (including phenoxy) is 8. The molecule has 42 heteroatoms. The van der Waals surface area contributed by atoms with Gasteiger partial charge in [-0.1, -0.05) is 0 Å². The molecule has 140 heavy (non-hydrogen) atoms. The number of rotatable bonds is 27. The molecule has 0 fully saturated rings. The van der Waals surface area contributed by atoms with Crippen molar-refractivity contribution in [2.45, 2.75) is 98.0 Å². The van der Waals surface area contributed by atoms with Gasteiger partial charge in [-0.2, -0.15) is 48.4 Å². The number of anilines is 12. The summed E-state index contributed by atoms with van der Waals surface area (Å²) < 4.78 is 264. The van der Waals surface area contributed by atoms with Gasteiger partial charge in [-0.05, 0) is 221 Å². The fraction of sp³-hybridized carbons (Fsp3) is 0.235. The standard InChI is InChI=1S/C26H25F2N5O3.C25H20F5N5O3.C25H21F4N5O3.C22H20FN3O3/c1-16(2)32-14-18-12-20(7-10-22(18)30-32)31-13-17-4-11-24(36-15-23(27)28)29-25(17)33(26(31)34)19-5-8-21(35-3)9-6-19;1-37-19-6-3-17(4-7-19)35-23-15(2-9-22(31-23)38-13-21(26)27)12-34(24(35)36)18-5-8-20-16(10-18)11-33(32-20)14-25(28,29)30;1-36-19-6-3-17(4-7-19)34-24-15(2-9-23(30-24)37-14-22(28)29)12-33(25(34)35)18-5-8-20-16(10-18)11-32(31-20)13-21(26)27;1-3-29-20-13-4-15-14-25(17-7-5-16(23)6-8-17)22(27)26(21(15)24-20)18-9-11-19(28-2)12-10-18/h4-12,14,16,23H,13,15H2,1-3H3;2-11,21H,12-14H2,1H3;2-11,21-22H,12-14H2,1H3;4-13H,3,14H2,1-2H3/i3D3;2*1D3;. The van der Waals surface area contributed by atoms with Crippen molar-refractivity contribution in [3.63, 3.8) is 0 Å². The van der Waals surface area contributed by atoms with Gasteiger partial charge in [-0.25, -0.2) is 78.3 Å². The second kappa shape index (κ2) is 41.9. The number of carbonyl (C=O) groups is 4. The molecule has 4 aliphatic heterocycles. The molecule has 724 valence electrons. The Bertz CT molecular complexity index is 7360. The van der Waals surface area contributed by atoms with Crippen LogP contribution in [0.2, 0.25) is 0 Å². The van der Waals surface area contributed by atoms with Crippen LogP contribution in [-0.2, 0) is 39.3 Å². The second-order valence-electron chi connectivity index (χ2n) is 31.5. The van der Waals surface area contributed by atoms with Gasteiger partial charge in [0.25, 0.3) is 25.7 Å². The highest BCUT2D eigenvalue weighted by Crippen LogP contribution is 2.45. The summed E-state index contributed by atoms with van der Waals surface area (Å²) in [6.45, 7) is 2.49. The average Bonchev–Trinajstić information content (AvgIpc) is 1.10. The van der Waals surface area contributed by atoms with Gasteiger partial charge in [0.15, 0.2) is 19.8 Å². The van der Waals surface area contributed by atoms with Gasteiger partial charge in [0.1, 0.15) is 65.2 Å². The van der Waals surface area contributed by atoms with Crippen LogP contribution in [0.25, 0.3) is 32.7 Å². The van der Waals surface area contributed by atoms with E-state index in [2.05, 4.69) is 35.2 Å². The van der Waals surface area contributed by atoms with Crippen molar-refractivity contribution >= 4 is 126 Å². The van der Waals surface area contributed by atoms with E-state index in [4.69, 9.17) is 50.2 Å². The Morgan fingerprint density at radius 3 is 0.971 bits per heavy atom. The molecule has 0 saturated heterocycles. The lowest BCUT2D eigenvalue weighted by Crippen LogP contribution is -2.45. The van der Waals surface area contributed by atoms with Crippen LogP contribution < -0.4 is 77.1 Å². The number of carbonyl (C=O) groups excluding carboxylic acids is 4. The summed E-state index contributed by atoms with van der Waals surface area (Å²) in [5, 5.41) is 14.4. The molecule has 0 N–H and O–H groups in total. The number of benzene rings is 8. The molecule has 7 aromatic heterocycles. The van der Waals surface area contributed by atoms with E-state index in [-0.39, 0.29) is 101 Å². The fourth-order valence-corrected chi connectivity index (χ4v) is 15.3. The zero-order valence-electron chi connectivity index (χ0n) is 83.0. The minimum Gasteiger partial charge on any atom is -0.497 e. The molecule has 0 radical (unpaired) electrons. The Morgan fingerprint density at radius 1 is 0.357 bits per heavy atom. The molecule has 15 aromatic rings. The van der Waals surface area contributed by atoms with Crippen LogP contribution in [0.1, 0.15) is 61.4 Å². The maximum atomic E-state index is 13.9. The van der Waals surface area contributed by atoms with Crippen LogP contribution in [0.4, 0.5) is 141 Å². The van der Waals surface area contributed by atoms with Gasteiger partial charge in [0, 0.05) is 110 Å². The normalized spacial score (nSPS) is 14.8. The largest absolute Gasteiger partial charge is 0.497 e. The Hall–Kier alpha value is -16.6. The summed E-state index contributed by atoms with van der Waals surface area (Å²) in [7, 11) is -6.42. The van der Waals surface area contributed by atoms with Gasteiger partial charge in [0.05, 0.1) is 113 Å². The first-order chi connectivity index (χ1) is 70.8. The lowest BCUT2D eigenvalue weighted by molar-refractivity contribution is -0.142. The lowest BCUT2D eigenvalue weighted by Gasteiger charge is -2.36. The number of urea groups is 4. The van der Waals surface area contributed by atoms with E-state index in [1.165, 1.54) is 163 Å². The summed E-state index contributed by atoms with van der Waals surface area (Å²) in [5.74, 6) is 1.61. The first kappa shape index (κ1) is 85.1. The quantitative estimate of drug-likeness (QED) is 0.0433. The number of nitrogens with zero attached hydrogens (tertiary/aromatic N) is 18. The summed E-state index contributed by atoms with van der Waals surface area (Å²) in [4.78, 5) is 83.9. The number of methoxy groups -OCH3 is 4. The zero-order valence-corrected chi connectivity index (χ0v) is 74.0. The molecule has 30 nitrogen and oxygen atoms in total. The van der Waals surface area contributed by atoms with Gasteiger partial charge < -0.3 is 37.9 Å². The summed E-state index contributed by atoms with van der Waals surface area (Å²) in [5.41, 5.74) is 7.72. The Morgan fingerprint density at radius 2 is 0.657 bits per heavy atom. The molecule has 4 aliphatic rings. The Kier molecular flexibility index (Phi) is 25.5. The van der Waals surface area contributed by atoms with Gasteiger partial charge in [-0.15, -0.1) is 0 Å². The van der Waals surface area contributed by atoms with Gasteiger partial charge in [-0.3, -0.25) is 33.6 Å². The maximum Gasteiger partial charge on any atom is 0.408 e. The molecule has 0 bridgehead atoms. The number of hydrogen-bond donors (Lipinski definition) is 0. The van der Waals surface area contributed by atoms with Crippen LogP contribution in [0.5, 0.6) is 46.5 Å². The average molecular weight is 1940 g/mol. The van der Waals surface area contributed by atoms with Crippen molar-refractivity contribution in [2.75, 3.05) is 93.9 Å². The molecule has 11 heterocycles. The van der Waals surface area contributed by atoms with Crippen molar-refractivity contribution < 1.29 is 122 Å². The summed E-state index contributed by atoms with van der Waals surface area (Å²) in [6, 6.07) is 56.1. The van der Waals surface area contributed by atoms with Crippen LogP contribution >= 0.6 is 0 Å². The number of halogens is 12. The van der Waals surface area contributed by atoms with E-state index < -0.39 is 104 Å². The predicted molar refractivity (Wildman–Crippen MR) is 498 cm³/mol. The highest BCUT2D eigenvalue weighted by molar-refractivity contribution is 6.14. The van der Waals surface area contributed by atoms with Crippen LogP contribution in [0, 0.1) is 5.82 Å². The molecular formula is C98H86F12N18O12. The topological polar surface area (TPSA) is 273 Å². The van der Waals surface area contributed by atoms with Crippen LogP contribution in [0.15, 0.2) is 243 Å². The molecule has 0 atom stereocenters. The molecule has 0 unspecified atom stereocenters. The monoisotopic (exact) mass is 1940 g/mol. The van der Waals surface area contributed by atoms with E-state index in [9.17, 15) is 71.9 Å². The third kappa shape index (κ3) is 21.9. The highest BCUT2D eigenvalue weighted by Gasteiger charge is 2.41. The minimum absolute atomic E-state index is 0.00473. The number of hydrogen-bond acceptors (Lipinski definition) is 19. The molecule has 8 aromatic carbocycles. The number of fused-ring (bicyclic) bond motifs is 7. The maximum absolute atomic E-state index is 13.9. The summed E-state index contributed by atoms with van der Waals surface area (Å²) in [6.07, 6.45) is -10.6. The first-order valence-electron chi connectivity index (χ1n) is 47.2. The van der Waals surface area contributed by atoms with Crippen molar-refractivity contribution in [1.82, 2.24) is 49.3 Å². The third-order valence-corrected chi connectivity index (χ3v) is 21.7. The number of alkyl halides is 11. The molecule has 0 spiro atoms. The van der Waals surface area contributed by atoms with Crippen LogP contribution in [-0.4, -0.2) is 160 Å². The molecule has 19 rings (SSSR count). The fourth-order valence-electron chi connectivity index (χ4n) is 15.3. The highest BCUT2D eigenvalue weighted by atomic mass is 19.4. The van der Waals surface area contributed by atoms with E-state index in [1.807, 2.05) is 55.9 Å². The molecule has 8 amide bonds. The number of pyridine rings is 4. The van der Waals surface area contributed by atoms with Gasteiger partial charge >= 0.3 is 30.3 Å². The van der Waals surface area contributed by atoms with Crippen molar-refractivity contribution in [3.8, 4) is 46.5 Å². The van der Waals surface area contributed by atoms with Gasteiger partial charge in [0.2, 0.25) is 23.5 Å². The second-order valence-corrected chi connectivity index (χ2v) is 31.5. The third-order valence-electron chi connectivity index (χ3n) is 21.7. The number of amides is 8. The van der Waals surface area contributed by atoms with Crippen molar-refractivity contribution in [1.29, 1.82) is 0 Å². The Balaban J connectivity index is 0.000000143. The SMILES string of the molecule is CCOc1ccc2c(n1)N(c1ccc(OC)cc1)C(=O)N(c1ccc(F)cc1)C2.[2H]C([2H])([2H])Oc1ccc(N2C(=O)N(c3ccc4nn(C(C)C)cc4c3)Cc3ccc(OCC(F)F)nc32)cc1.[2H]C([2H])([2H])Oc1ccc(N2C(=O)N(c3ccc4nn(CC(F)(F)F)cc4c3)Cc3ccc(OCC(F)F)nc32)cc1.[2H]C([2H])([2H])Oc1ccc(N2C(=O)N(c3ccc4nn(CC(F)F)cc4c3)Cc3ccc(OCC(F)F)nc32)cc1. The Labute approximate surface area is 803 Å². The van der Waals surface area contributed by atoms with E-state index in [0.29, 0.717) is 103 Å². The van der Waals surface area contributed by atoms with Crippen LogP contribution in [0.3, 0.4) is 0 Å². The molecular weight excluding hydrogens is 1850 g/mol. The first-order valence-corrected chi connectivity index (χ1v) is 42.7. The van der Waals surface area contributed by atoms with E-state index in [1.54, 1.807) is 95.8 Å². The number of aromatic nitrogens is 10. The zero-order chi connectivity index (χ0) is 106. The summed E-state index contributed by atoms with van der Waals surface area (Å²) >= 11 is 0. The molecule has 0 aliphatic carbocycles. The molecule has 0 saturated carbocycles. The van der Waals surface area contributed by atoms with Crippen molar-refractivity contribution in [2.24, 2.45) is 0 Å². The van der Waals surface area contributed by atoms with Crippen molar-refractivity contribution in [3.05, 3.63) is 271 Å². The lowest BCUT2D eigenvalue weighted by atomic mass is 10.1. The van der Waals surface area contributed by atoms with E-state index >= 15 is 0 Å².